The van der Waals surface area contributed by atoms with Gasteiger partial charge >= 0.3 is 0 Å². The smallest absolute Gasteiger partial charge is 0.262 e. The minimum absolute atomic E-state index is 0.0421. The van der Waals surface area contributed by atoms with E-state index in [0.717, 1.165) is 18.5 Å². The summed E-state index contributed by atoms with van der Waals surface area (Å²) in [6.07, 6.45) is 1.69. The van der Waals surface area contributed by atoms with Crippen LogP contribution in [0.5, 0.6) is 0 Å². The van der Waals surface area contributed by atoms with Crippen LogP contribution in [-0.4, -0.2) is 26.8 Å². The number of thioether (sulfide) groups is 1. The first kappa shape index (κ1) is 19.7. The van der Waals surface area contributed by atoms with Crippen molar-refractivity contribution >= 4 is 34.3 Å². The standard InChI is InChI=1S/C23H25N3O2S/c1-4-13-25-22(28)18-10-6-7-11-19(18)24-23(25)29-16(3)21(27)26-15(2)14-17-9-5-8-12-20(17)26/h5-12,15-16H,4,13-14H2,1-3H3. The van der Waals surface area contributed by atoms with E-state index in [2.05, 4.69) is 13.0 Å². The zero-order valence-electron chi connectivity index (χ0n) is 17.0. The lowest BCUT2D eigenvalue weighted by Crippen LogP contribution is -2.40. The minimum Gasteiger partial charge on any atom is -0.308 e. The lowest BCUT2D eigenvalue weighted by atomic mass is 10.1. The molecule has 4 rings (SSSR count). The molecule has 1 aliphatic heterocycles. The highest BCUT2D eigenvalue weighted by molar-refractivity contribution is 8.00. The first-order valence-electron chi connectivity index (χ1n) is 10.1. The van der Waals surface area contributed by atoms with Crippen LogP contribution < -0.4 is 10.5 Å². The molecule has 0 spiro atoms. The maximum atomic E-state index is 13.3. The number of anilines is 1. The summed E-state index contributed by atoms with van der Waals surface area (Å²) in [7, 11) is 0. The molecule has 0 saturated carbocycles. The van der Waals surface area contributed by atoms with Gasteiger partial charge in [-0.1, -0.05) is 49.0 Å². The molecule has 0 aliphatic carbocycles. The van der Waals surface area contributed by atoms with Gasteiger partial charge in [0.1, 0.15) is 0 Å². The van der Waals surface area contributed by atoms with Crippen molar-refractivity contribution in [3.05, 3.63) is 64.4 Å². The van der Waals surface area contributed by atoms with Crippen molar-refractivity contribution in [1.82, 2.24) is 9.55 Å². The number of benzene rings is 2. The molecule has 2 unspecified atom stereocenters. The SMILES string of the molecule is CCCn1c(SC(C)C(=O)N2c3ccccc3CC2C)nc2ccccc2c1=O. The summed E-state index contributed by atoms with van der Waals surface area (Å²) in [5.41, 5.74) is 2.83. The molecular weight excluding hydrogens is 382 g/mol. The lowest BCUT2D eigenvalue weighted by molar-refractivity contribution is -0.118. The highest BCUT2D eigenvalue weighted by atomic mass is 32.2. The van der Waals surface area contributed by atoms with Gasteiger partial charge in [0.25, 0.3) is 5.56 Å². The van der Waals surface area contributed by atoms with E-state index < -0.39 is 0 Å². The van der Waals surface area contributed by atoms with Gasteiger partial charge in [-0.25, -0.2) is 4.98 Å². The van der Waals surface area contributed by atoms with E-state index in [0.29, 0.717) is 22.6 Å². The molecule has 0 fully saturated rings. The average molecular weight is 408 g/mol. The molecule has 29 heavy (non-hydrogen) atoms. The highest BCUT2D eigenvalue weighted by Gasteiger charge is 2.33. The van der Waals surface area contributed by atoms with E-state index in [4.69, 9.17) is 4.98 Å². The van der Waals surface area contributed by atoms with E-state index in [1.165, 1.54) is 17.3 Å². The Bertz CT molecular complexity index is 1120. The molecule has 0 bridgehead atoms. The lowest BCUT2D eigenvalue weighted by Gasteiger charge is -2.26. The number of amides is 1. The zero-order chi connectivity index (χ0) is 20.5. The molecular formula is C23H25N3O2S. The maximum Gasteiger partial charge on any atom is 0.262 e. The Hall–Kier alpha value is -2.60. The van der Waals surface area contributed by atoms with Crippen molar-refractivity contribution in [2.24, 2.45) is 0 Å². The second-order valence-corrected chi connectivity index (χ2v) is 8.83. The third-order valence-corrected chi connectivity index (χ3v) is 6.43. The molecule has 1 aliphatic rings. The topological polar surface area (TPSA) is 55.2 Å². The van der Waals surface area contributed by atoms with E-state index in [9.17, 15) is 9.59 Å². The third-order valence-electron chi connectivity index (χ3n) is 5.35. The van der Waals surface area contributed by atoms with Crippen LogP contribution in [0, 0.1) is 0 Å². The van der Waals surface area contributed by atoms with Crippen molar-refractivity contribution in [1.29, 1.82) is 0 Å². The fourth-order valence-electron chi connectivity index (χ4n) is 3.96. The number of fused-ring (bicyclic) bond motifs is 2. The number of carbonyl (C=O) groups excluding carboxylic acids is 1. The van der Waals surface area contributed by atoms with Crippen molar-refractivity contribution in [2.75, 3.05) is 4.90 Å². The molecule has 0 N–H and O–H groups in total. The summed E-state index contributed by atoms with van der Waals surface area (Å²) in [5.74, 6) is 0.0536. The summed E-state index contributed by atoms with van der Waals surface area (Å²) in [6, 6.07) is 15.6. The van der Waals surface area contributed by atoms with Crippen LogP contribution >= 0.6 is 11.8 Å². The number of hydrogen-bond donors (Lipinski definition) is 0. The van der Waals surface area contributed by atoms with Crippen molar-refractivity contribution in [3.63, 3.8) is 0 Å². The largest absolute Gasteiger partial charge is 0.308 e. The predicted molar refractivity (Wildman–Crippen MR) is 119 cm³/mol. The molecule has 150 valence electrons. The highest BCUT2D eigenvalue weighted by Crippen LogP contribution is 2.34. The van der Waals surface area contributed by atoms with Gasteiger partial charge in [0.2, 0.25) is 5.91 Å². The van der Waals surface area contributed by atoms with Gasteiger partial charge in [0.15, 0.2) is 5.16 Å². The van der Waals surface area contributed by atoms with Crippen LogP contribution in [0.3, 0.4) is 0 Å². The van der Waals surface area contributed by atoms with Gasteiger partial charge < -0.3 is 4.90 Å². The summed E-state index contributed by atoms with van der Waals surface area (Å²) in [4.78, 5) is 32.9. The number of para-hydroxylation sites is 2. The molecule has 3 aromatic rings. The Kier molecular flexibility index (Phi) is 5.46. The summed E-state index contributed by atoms with van der Waals surface area (Å²) >= 11 is 1.37. The van der Waals surface area contributed by atoms with Crippen molar-refractivity contribution < 1.29 is 4.79 Å². The van der Waals surface area contributed by atoms with Gasteiger partial charge in [-0.2, -0.15) is 0 Å². The molecule has 5 nitrogen and oxygen atoms in total. The number of rotatable bonds is 5. The molecule has 2 atom stereocenters. The Morgan fingerprint density at radius 3 is 2.72 bits per heavy atom. The molecule has 6 heteroatoms. The Balaban J connectivity index is 1.67. The van der Waals surface area contributed by atoms with Gasteiger partial charge in [-0.3, -0.25) is 14.2 Å². The summed E-state index contributed by atoms with van der Waals surface area (Å²) in [5, 5.41) is 0.877. The number of nitrogens with zero attached hydrogens (tertiary/aromatic N) is 3. The summed E-state index contributed by atoms with van der Waals surface area (Å²) in [6.45, 7) is 6.60. The normalized spacial score (nSPS) is 16.8. The molecule has 1 aromatic heterocycles. The second-order valence-electron chi connectivity index (χ2n) is 7.52. The molecule has 0 radical (unpaired) electrons. The van der Waals surface area contributed by atoms with Crippen LogP contribution in [0.4, 0.5) is 5.69 Å². The Labute approximate surface area is 174 Å². The van der Waals surface area contributed by atoms with Gasteiger partial charge in [0.05, 0.1) is 16.2 Å². The van der Waals surface area contributed by atoms with Gasteiger partial charge in [-0.15, -0.1) is 0 Å². The number of hydrogen-bond acceptors (Lipinski definition) is 4. The van der Waals surface area contributed by atoms with Crippen LogP contribution in [-0.2, 0) is 17.8 Å². The molecule has 2 aromatic carbocycles. The number of aromatic nitrogens is 2. The predicted octanol–water partition coefficient (Wildman–Crippen LogP) is 4.26. The maximum absolute atomic E-state index is 13.3. The van der Waals surface area contributed by atoms with Gasteiger partial charge in [-0.05, 0) is 50.5 Å². The fourth-order valence-corrected chi connectivity index (χ4v) is 4.95. The fraction of sp³-hybridized carbons (Fsp3) is 0.348. The van der Waals surface area contributed by atoms with E-state index >= 15 is 0 Å². The van der Waals surface area contributed by atoms with Crippen LogP contribution in [0.2, 0.25) is 0 Å². The summed E-state index contributed by atoms with van der Waals surface area (Å²) < 4.78 is 1.71. The Morgan fingerprint density at radius 1 is 1.21 bits per heavy atom. The first-order valence-corrected chi connectivity index (χ1v) is 11.0. The van der Waals surface area contributed by atoms with Gasteiger partial charge in [0, 0.05) is 18.3 Å². The van der Waals surface area contributed by atoms with E-state index in [-0.39, 0.29) is 22.8 Å². The van der Waals surface area contributed by atoms with Crippen LogP contribution in [0.15, 0.2) is 58.5 Å². The molecule has 0 saturated heterocycles. The van der Waals surface area contributed by atoms with Crippen LogP contribution in [0.25, 0.3) is 10.9 Å². The average Bonchev–Trinajstić information content (AvgIpc) is 3.06. The van der Waals surface area contributed by atoms with Crippen molar-refractivity contribution in [3.8, 4) is 0 Å². The Morgan fingerprint density at radius 2 is 1.93 bits per heavy atom. The monoisotopic (exact) mass is 407 g/mol. The van der Waals surface area contributed by atoms with E-state index in [1.54, 1.807) is 4.57 Å². The van der Waals surface area contributed by atoms with Crippen molar-refractivity contribution in [2.45, 2.75) is 56.6 Å². The molecule has 2 heterocycles. The third kappa shape index (κ3) is 3.57. The zero-order valence-corrected chi connectivity index (χ0v) is 17.8. The van der Waals surface area contributed by atoms with E-state index in [1.807, 2.05) is 61.2 Å². The quantitative estimate of drug-likeness (QED) is 0.468. The number of carbonyl (C=O) groups is 1. The minimum atomic E-state index is -0.347. The molecule has 1 amide bonds. The second kappa shape index (κ2) is 8.03. The first-order chi connectivity index (χ1) is 14.0. The van der Waals surface area contributed by atoms with Crippen LogP contribution in [0.1, 0.15) is 32.8 Å².